The lowest BCUT2D eigenvalue weighted by Gasteiger charge is -2.34. The SMILES string of the molecule is C.CC(C)=O.CC1Cc2ccc3c(c2C(=O)O1)OC(C)(C)OC3=O. The number of carbonyl (C=O) groups is 3. The van der Waals surface area contributed by atoms with Gasteiger partial charge in [-0.2, -0.15) is 0 Å². The van der Waals surface area contributed by atoms with Crippen LogP contribution in [0.2, 0.25) is 0 Å². The predicted octanol–water partition coefficient (Wildman–Crippen LogP) is 3.30. The van der Waals surface area contributed by atoms with Gasteiger partial charge in [-0.15, -0.1) is 0 Å². The van der Waals surface area contributed by atoms with Crippen LogP contribution in [-0.4, -0.2) is 29.6 Å². The number of esters is 2. The molecular formula is C18H24O6. The third-order valence-electron chi connectivity index (χ3n) is 3.17. The summed E-state index contributed by atoms with van der Waals surface area (Å²) in [5, 5.41) is 0. The van der Waals surface area contributed by atoms with Crippen molar-refractivity contribution in [2.45, 2.75) is 60.4 Å². The van der Waals surface area contributed by atoms with E-state index in [1.807, 2.05) is 6.92 Å². The lowest BCUT2D eigenvalue weighted by Crippen LogP contribution is -2.40. The van der Waals surface area contributed by atoms with Crippen molar-refractivity contribution in [3.63, 3.8) is 0 Å². The number of carbonyl (C=O) groups excluding carboxylic acids is 3. The highest BCUT2D eigenvalue weighted by Gasteiger charge is 2.39. The molecule has 2 heterocycles. The second-order valence-corrected chi connectivity index (χ2v) is 6.20. The zero-order chi connectivity index (χ0) is 17.4. The number of fused-ring (bicyclic) bond motifs is 3. The maximum absolute atomic E-state index is 12.0. The van der Waals surface area contributed by atoms with Gasteiger partial charge in [0.1, 0.15) is 23.0 Å². The summed E-state index contributed by atoms with van der Waals surface area (Å²) >= 11 is 0. The third kappa shape index (κ3) is 4.13. The topological polar surface area (TPSA) is 78.9 Å². The molecule has 0 amide bonds. The second-order valence-electron chi connectivity index (χ2n) is 6.20. The Kier molecular flexibility index (Phi) is 5.76. The van der Waals surface area contributed by atoms with E-state index in [-0.39, 0.29) is 30.6 Å². The average molecular weight is 336 g/mol. The number of ether oxygens (including phenoxy) is 3. The second kappa shape index (κ2) is 7.03. The van der Waals surface area contributed by atoms with Crippen molar-refractivity contribution in [1.82, 2.24) is 0 Å². The van der Waals surface area contributed by atoms with Gasteiger partial charge in [0.15, 0.2) is 5.75 Å². The van der Waals surface area contributed by atoms with Gasteiger partial charge < -0.3 is 19.0 Å². The molecular weight excluding hydrogens is 312 g/mol. The Morgan fingerprint density at radius 3 is 2.29 bits per heavy atom. The first-order valence-electron chi connectivity index (χ1n) is 7.37. The summed E-state index contributed by atoms with van der Waals surface area (Å²) in [7, 11) is 0. The fraction of sp³-hybridized carbons (Fsp3) is 0.500. The third-order valence-corrected chi connectivity index (χ3v) is 3.17. The molecule has 0 bridgehead atoms. The molecule has 1 aromatic carbocycles. The minimum absolute atomic E-state index is 0. The Morgan fingerprint density at radius 2 is 1.71 bits per heavy atom. The average Bonchev–Trinajstić information content (AvgIpc) is 2.34. The molecule has 2 aliphatic heterocycles. The van der Waals surface area contributed by atoms with Crippen LogP contribution in [0.1, 0.15) is 68.3 Å². The molecule has 0 fully saturated rings. The number of benzene rings is 1. The first kappa shape index (κ1) is 19.7. The van der Waals surface area contributed by atoms with Crippen molar-refractivity contribution < 1.29 is 28.6 Å². The van der Waals surface area contributed by atoms with Crippen LogP contribution in [0, 0.1) is 0 Å². The van der Waals surface area contributed by atoms with Gasteiger partial charge in [-0.3, -0.25) is 0 Å². The van der Waals surface area contributed by atoms with Crippen molar-refractivity contribution >= 4 is 17.7 Å². The number of cyclic esters (lactones) is 2. The summed E-state index contributed by atoms with van der Waals surface area (Å²) < 4.78 is 16.0. The van der Waals surface area contributed by atoms with E-state index in [1.54, 1.807) is 26.0 Å². The number of Topliss-reactive ketones (excluding diaryl/α,β-unsaturated/α-hetero) is 1. The largest absolute Gasteiger partial charge is 0.459 e. The quantitative estimate of drug-likeness (QED) is 0.676. The van der Waals surface area contributed by atoms with Gasteiger partial charge in [-0.1, -0.05) is 13.5 Å². The minimum atomic E-state index is -1.08. The van der Waals surface area contributed by atoms with Crippen molar-refractivity contribution in [2.75, 3.05) is 0 Å². The van der Waals surface area contributed by atoms with E-state index in [0.717, 1.165) is 5.56 Å². The number of rotatable bonds is 0. The van der Waals surface area contributed by atoms with Crippen molar-refractivity contribution in [3.8, 4) is 5.75 Å². The van der Waals surface area contributed by atoms with Gasteiger partial charge in [0.05, 0.1) is 0 Å². The minimum Gasteiger partial charge on any atom is -0.459 e. The molecule has 6 nitrogen and oxygen atoms in total. The summed E-state index contributed by atoms with van der Waals surface area (Å²) in [6.07, 6.45) is 0.453. The van der Waals surface area contributed by atoms with Gasteiger partial charge in [0.25, 0.3) is 0 Å². The van der Waals surface area contributed by atoms with Gasteiger partial charge >= 0.3 is 11.9 Å². The molecule has 0 saturated carbocycles. The Hall–Kier alpha value is -2.37. The van der Waals surface area contributed by atoms with Gasteiger partial charge in [-0.05, 0) is 32.4 Å². The van der Waals surface area contributed by atoms with Crippen LogP contribution in [0.15, 0.2) is 12.1 Å². The standard InChI is InChI=1S/C14H14O5.C3H6O.CH4/c1-7-6-8-4-5-9-11(10(8)13(16)17-7)18-14(2,3)19-12(9)15;1-3(2)4;/h4-5,7H,6H2,1-3H3;1-2H3;1H4. The van der Waals surface area contributed by atoms with E-state index in [9.17, 15) is 14.4 Å². The molecule has 0 N–H and O–H groups in total. The Morgan fingerprint density at radius 1 is 1.12 bits per heavy atom. The van der Waals surface area contributed by atoms with Crippen LogP contribution in [0.4, 0.5) is 0 Å². The van der Waals surface area contributed by atoms with E-state index >= 15 is 0 Å². The van der Waals surface area contributed by atoms with Gasteiger partial charge in [0, 0.05) is 20.3 Å². The highest BCUT2D eigenvalue weighted by molar-refractivity contribution is 6.02. The predicted molar refractivity (Wildman–Crippen MR) is 88.2 cm³/mol. The molecule has 1 aromatic rings. The monoisotopic (exact) mass is 336 g/mol. The van der Waals surface area contributed by atoms with Crippen molar-refractivity contribution in [3.05, 3.63) is 28.8 Å². The summed E-state index contributed by atoms with van der Waals surface area (Å²) in [4.78, 5) is 33.4. The summed E-state index contributed by atoms with van der Waals surface area (Å²) in [6.45, 7) is 8.15. The highest BCUT2D eigenvalue weighted by atomic mass is 16.7. The Bertz CT molecular complexity index is 670. The molecule has 2 aliphatic rings. The number of ketones is 1. The normalized spacial score (nSPS) is 19.8. The van der Waals surface area contributed by atoms with E-state index < -0.39 is 17.7 Å². The zero-order valence-electron chi connectivity index (χ0n) is 13.9. The van der Waals surface area contributed by atoms with E-state index in [0.29, 0.717) is 12.0 Å². The first-order valence-corrected chi connectivity index (χ1v) is 7.37. The molecule has 132 valence electrons. The molecule has 0 radical (unpaired) electrons. The fourth-order valence-corrected chi connectivity index (χ4v) is 2.42. The lowest BCUT2D eigenvalue weighted by molar-refractivity contribution is -0.127. The number of hydrogen-bond acceptors (Lipinski definition) is 6. The molecule has 0 spiro atoms. The molecule has 6 heteroatoms. The first-order chi connectivity index (χ1) is 10.6. The molecule has 0 saturated heterocycles. The van der Waals surface area contributed by atoms with E-state index in [1.165, 1.54) is 13.8 Å². The lowest BCUT2D eigenvalue weighted by atomic mass is 9.95. The maximum Gasteiger partial charge on any atom is 0.345 e. The highest BCUT2D eigenvalue weighted by Crippen LogP contribution is 2.38. The molecule has 3 rings (SSSR count). The van der Waals surface area contributed by atoms with Crippen LogP contribution in [0.3, 0.4) is 0 Å². The van der Waals surface area contributed by atoms with Crippen molar-refractivity contribution in [1.29, 1.82) is 0 Å². The maximum atomic E-state index is 12.0. The molecule has 0 aliphatic carbocycles. The van der Waals surface area contributed by atoms with Crippen LogP contribution < -0.4 is 4.74 Å². The molecule has 0 aromatic heterocycles. The summed E-state index contributed by atoms with van der Waals surface area (Å²) in [5.74, 6) is -1.57. The summed E-state index contributed by atoms with van der Waals surface area (Å²) in [6, 6.07) is 3.39. The smallest absolute Gasteiger partial charge is 0.345 e. The van der Waals surface area contributed by atoms with Crippen molar-refractivity contribution in [2.24, 2.45) is 0 Å². The fourth-order valence-electron chi connectivity index (χ4n) is 2.42. The molecule has 1 atom stereocenters. The molecule has 24 heavy (non-hydrogen) atoms. The van der Waals surface area contributed by atoms with Crippen LogP contribution in [0.25, 0.3) is 0 Å². The van der Waals surface area contributed by atoms with Gasteiger partial charge in [0.2, 0.25) is 5.79 Å². The van der Waals surface area contributed by atoms with Crippen LogP contribution in [0.5, 0.6) is 5.75 Å². The molecule has 1 unspecified atom stereocenters. The van der Waals surface area contributed by atoms with E-state index in [4.69, 9.17) is 14.2 Å². The number of hydrogen-bond donors (Lipinski definition) is 0. The van der Waals surface area contributed by atoms with Crippen LogP contribution in [-0.2, 0) is 20.7 Å². The van der Waals surface area contributed by atoms with Crippen LogP contribution >= 0.6 is 0 Å². The Labute approximate surface area is 142 Å². The van der Waals surface area contributed by atoms with Gasteiger partial charge in [-0.25, -0.2) is 9.59 Å². The Balaban J connectivity index is 0.000000522. The zero-order valence-corrected chi connectivity index (χ0v) is 13.9. The summed E-state index contributed by atoms with van der Waals surface area (Å²) in [5.41, 5.74) is 1.46. The van der Waals surface area contributed by atoms with E-state index in [2.05, 4.69) is 0 Å².